The van der Waals surface area contributed by atoms with Gasteiger partial charge in [-0.3, -0.25) is 19.9 Å². The van der Waals surface area contributed by atoms with Crippen LogP contribution in [0.1, 0.15) is 24.0 Å². The lowest BCUT2D eigenvalue weighted by Gasteiger charge is -2.30. The van der Waals surface area contributed by atoms with Gasteiger partial charge in [-0.25, -0.2) is 4.79 Å². The minimum atomic E-state index is -4.58. The standard InChI is InChI=1S/C27H27F3N6O2/c1-35-24(18-3-2-17-6-9-31-15-20(17)12-18)14-25(34-35)33-26(38)32-21-5-4-19(23(13-21)27(28,29)30)16-36-10-7-22(37)8-11-36/h2-6,9,12-15,22,37H,7-8,10-11,16H2,1H3,(H2,32,33,34,38). The molecule has 11 heteroatoms. The molecule has 0 unspecified atom stereocenters. The van der Waals surface area contributed by atoms with Crippen LogP contribution in [-0.2, 0) is 19.8 Å². The summed E-state index contributed by atoms with van der Waals surface area (Å²) in [5.74, 6) is 0.256. The SMILES string of the molecule is Cn1nc(NC(=O)Nc2ccc(CN3CCC(O)CC3)c(C(F)(F)F)c2)cc1-c1ccc2ccncc2c1. The van der Waals surface area contributed by atoms with Crippen LogP contribution in [0.4, 0.5) is 29.5 Å². The van der Waals surface area contributed by atoms with Gasteiger partial charge in [-0.15, -0.1) is 0 Å². The molecule has 8 nitrogen and oxygen atoms in total. The van der Waals surface area contributed by atoms with Gasteiger partial charge in [0.1, 0.15) is 0 Å². The second-order valence-corrected chi connectivity index (χ2v) is 9.43. The number of carbonyl (C=O) groups excluding carboxylic acids is 1. The van der Waals surface area contributed by atoms with E-state index in [1.54, 1.807) is 30.2 Å². The molecule has 3 heterocycles. The molecule has 0 aliphatic carbocycles. The van der Waals surface area contributed by atoms with Crippen LogP contribution in [0.3, 0.4) is 0 Å². The van der Waals surface area contributed by atoms with Crippen molar-refractivity contribution in [2.75, 3.05) is 23.7 Å². The quantitative estimate of drug-likeness (QED) is 0.331. The number of anilines is 2. The Kier molecular flexibility index (Phi) is 7.04. The number of hydrogen-bond donors (Lipinski definition) is 3. The number of rotatable bonds is 5. The zero-order valence-electron chi connectivity index (χ0n) is 20.7. The highest BCUT2D eigenvalue weighted by Gasteiger charge is 2.34. The number of pyridine rings is 1. The fourth-order valence-electron chi connectivity index (χ4n) is 4.70. The Bertz CT molecular complexity index is 1460. The molecule has 2 amide bonds. The third-order valence-electron chi connectivity index (χ3n) is 6.68. The van der Waals surface area contributed by atoms with Crippen LogP contribution in [0.25, 0.3) is 22.0 Å². The molecule has 0 radical (unpaired) electrons. The van der Waals surface area contributed by atoms with Crippen LogP contribution < -0.4 is 10.6 Å². The number of fused-ring (bicyclic) bond motifs is 1. The highest BCUT2D eigenvalue weighted by molar-refractivity contribution is 5.99. The van der Waals surface area contributed by atoms with E-state index in [1.807, 2.05) is 29.2 Å². The number of nitrogens with zero attached hydrogens (tertiary/aromatic N) is 4. The summed E-state index contributed by atoms with van der Waals surface area (Å²) in [6, 6.07) is 12.6. The van der Waals surface area contributed by atoms with Gasteiger partial charge in [0.2, 0.25) is 0 Å². The van der Waals surface area contributed by atoms with Gasteiger partial charge < -0.3 is 10.4 Å². The molecule has 2 aromatic heterocycles. The molecule has 0 spiro atoms. The molecular formula is C27H27F3N6O2. The molecule has 0 atom stereocenters. The molecule has 1 saturated heterocycles. The summed E-state index contributed by atoms with van der Waals surface area (Å²) in [5.41, 5.74) is 0.973. The molecule has 2 aromatic carbocycles. The lowest BCUT2D eigenvalue weighted by atomic mass is 10.0. The van der Waals surface area contributed by atoms with Crippen molar-refractivity contribution in [1.82, 2.24) is 19.7 Å². The average Bonchev–Trinajstić information content (AvgIpc) is 3.24. The number of carbonyl (C=O) groups is 1. The van der Waals surface area contributed by atoms with Crippen LogP contribution >= 0.6 is 0 Å². The van der Waals surface area contributed by atoms with Gasteiger partial charge >= 0.3 is 12.2 Å². The van der Waals surface area contributed by atoms with Crippen LogP contribution in [0.2, 0.25) is 0 Å². The van der Waals surface area contributed by atoms with E-state index in [1.165, 1.54) is 12.1 Å². The predicted octanol–water partition coefficient (Wildman–Crippen LogP) is 5.25. The van der Waals surface area contributed by atoms with Crippen molar-refractivity contribution in [2.45, 2.75) is 31.7 Å². The van der Waals surface area contributed by atoms with E-state index in [0.717, 1.165) is 28.1 Å². The fourth-order valence-corrected chi connectivity index (χ4v) is 4.70. The molecule has 3 N–H and O–H groups in total. The Morgan fingerprint density at radius 2 is 1.84 bits per heavy atom. The largest absolute Gasteiger partial charge is 0.416 e. The molecule has 1 aliphatic heterocycles. The van der Waals surface area contributed by atoms with Crippen molar-refractivity contribution in [1.29, 1.82) is 0 Å². The number of aliphatic hydroxyl groups excluding tert-OH is 1. The molecule has 4 aromatic rings. The number of aliphatic hydroxyl groups is 1. The van der Waals surface area contributed by atoms with Gasteiger partial charge in [0, 0.05) is 61.8 Å². The number of piperidine rings is 1. The smallest absolute Gasteiger partial charge is 0.393 e. The number of urea groups is 1. The lowest BCUT2D eigenvalue weighted by molar-refractivity contribution is -0.138. The van der Waals surface area contributed by atoms with E-state index in [4.69, 9.17) is 0 Å². The number of hydrogen-bond acceptors (Lipinski definition) is 5. The number of benzene rings is 2. The molecule has 0 saturated carbocycles. The zero-order chi connectivity index (χ0) is 26.9. The van der Waals surface area contributed by atoms with Crippen LogP contribution in [0, 0.1) is 0 Å². The number of aryl methyl sites for hydroxylation is 1. The Balaban J connectivity index is 1.29. The van der Waals surface area contributed by atoms with E-state index in [9.17, 15) is 23.1 Å². The van der Waals surface area contributed by atoms with Crippen molar-refractivity contribution >= 4 is 28.3 Å². The summed E-state index contributed by atoms with van der Waals surface area (Å²) in [5, 5.41) is 21.0. The third kappa shape index (κ3) is 5.79. The number of nitrogens with one attached hydrogen (secondary N) is 2. The highest BCUT2D eigenvalue weighted by atomic mass is 19.4. The Morgan fingerprint density at radius 3 is 2.61 bits per heavy atom. The number of halogens is 3. The third-order valence-corrected chi connectivity index (χ3v) is 6.68. The van der Waals surface area contributed by atoms with E-state index in [-0.39, 0.29) is 23.6 Å². The maximum atomic E-state index is 13.8. The number of likely N-dealkylation sites (tertiary alicyclic amines) is 1. The lowest BCUT2D eigenvalue weighted by Crippen LogP contribution is -2.35. The molecule has 1 fully saturated rings. The fraction of sp³-hybridized carbons (Fsp3) is 0.296. The second-order valence-electron chi connectivity index (χ2n) is 9.43. The van der Waals surface area contributed by atoms with Crippen molar-refractivity contribution in [3.63, 3.8) is 0 Å². The normalized spacial score (nSPS) is 15.1. The number of amides is 2. The average molecular weight is 525 g/mol. The van der Waals surface area contributed by atoms with Crippen molar-refractivity contribution < 1.29 is 23.1 Å². The van der Waals surface area contributed by atoms with Crippen molar-refractivity contribution in [2.24, 2.45) is 7.05 Å². The van der Waals surface area contributed by atoms with Crippen LogP contribution in [0.15, 0.2) is 60.9 Å². The molecule has 1 aliphatic rings. The maximum Gasteiger partial charge on any atom is 0.416 e. The molecule has 0 bridgehead atoms. The Morgan fingerprint density at radius 1 is 1.05 bits per heavy atom. The number of alkyl halides is 3. The van der Waals surface area contributed by atoms with Crippen LogP contribution in [-0.4, -0.2) is 50.0 Å². The van der Waals surface area contributed by atoms with Gasteiger partial charge in [-0.2, -0.15) is 18.3 Å². The van der Waals surface area contributed by atoms with Gasteiger partial charge in [-0.05, 0) is 48.1 Å². The summed E-state index contributed by atoms with van der Waals surface area (Å²) in [6.45, 7) is 1.18. The first kappa shape index (κ1) is 25.7. The summed E-state index contributed by atoms with van der Waals surface area (Å²) in [7, 11) is 1.74. The van der Waals surface area contributed by atoms with Gasteiger partial charge in [0.05, 0.1) is 17.4 Å². The summed E-state index contributed by atoms with van der Waals surface area (Å²) < 4.78 is 43.1. The second kappa shape index (κ2) is 10.4. The molecule has 5 rings (SSSR count). The molecule has 38 heavy (non-hydrogen) atoms. The maximum absolute atomic E-state index is 13.8. The van der Waals surface area contributed by atoms with Crippen molar-refractivity contribution in [3.8, 4) is 11.3 Å². The Labute approximate surface area is 217 Å². The molecule has 198 valence electrons. The first-order valence-corrected chi connectivity index (χ1v) is 12.2. The number of aromatic nitrogens is 3. The monoisotopic (exact) mass is 524 g/mol. The van der Waals surface area contributed by atoms with Crippen molar-refractivity contribution in [3.05, 3.63) is 72.1 Å². The first-order chi connectivity index (χ1) is 18.2. The van der Waals surface area contributed by atoms with E-state index >= 15 is 0 Å². The first-order valence-electron chi connectivity index (χ1n) is 12.2. The van der Waals surface area contributed by atoms with Crippen LogP contribution in [0.5, 0.6) is 0 Å². The van der Waals surface area contributed by atoms with Gasteiger partial charge in [0.15, 0.2) is 5.82 Å². The summed E-state index contributed by atoms with van der Waals surface area (Å²) >= 11 is 0. The van der Waals surface area contributed by atoms with Gasteiger partial charge in [0.25, 0.3) is 0 Å². The minimum absolute atomic E-state index is 0.0193. The van der Waals surface area contributed by atoms with Gasteiger partial charge in [-0.1, -0.05) is 18.2 Å². The summed E-state index contributed by atoms with van der Waals surface area (Å²) in [6.07, 6.45) is -0.427. The topological polar surface area (TPSA) is 95.3 Å². The highest BCUT2D eigenvalue weighted by Crippen LogP contribution is 2.35. The molecular weight excluding hydrogens is 497 g/mol. The zero-order valence-corrected chi connectivity index (χ0v) is 20.7. The predicted molar refractivity (Wildman–Crippen MR) is 139 cm³/mol. The van der Waals surface area contributed by atoms with E-state index < -0.39 is 23.9 Å². The summed E-state index contributed by atoms with van der Waals surface area (Å²) in [4.78, 5) is 18.6. The minimum Gasteiger partial charge on any atom is -0.393 e. The van der Waals surface area contributed by atoms with E-state index in [2.05, 4.69) is 20.7 Å². The van der Waals surface area contributed by atoms with E-state index in [0.29, 0.717) is 25.9 Å². The Hall–Kier alpha value is -3.96.